The molecule has 0 fully saturated rings. The Balaban J connectivity index is 2.67. The molecule has 3 heteroatoms. The second kappa shape index (κ2) is 4.78. The summed E-state index contributed by atoms with van der Waals surface area (Å²) in [5, 5.41) is 9.07. The van der Waals surface area contributed by atoms with Crippen LogP contribution >= 0.6 is 15.9 Å². The van der Waals surface area contributed by atoms with E-state index in [9.17, 15) is 0 Å². The standard InChI is InChI=1S/C9H8BrNO/c10-7-8-2-1-3-9(6-8)12-5-4-11/h1-3,6H,5,7H2. The molecule has 1 rings (SSSR count). The Labute approximate surface area is 79.9 Å². The van der Waals surface area contributed by atoms with Crippen molar-refractivity contribution in [2.75, 3.05) is 6.61 Å². The summed E-state index contributed by atoms with van der Waals surface area (Å²) in [6, 6.07) is 9.57. The molecule has 62 valence electrons. The van der Waals surface area contributed by atoms with Crippen LogP contribution in [0.4, 0.5) is 0 Å². The summed E-state index contributed by atoms with van der Waals surface area (Å²) in [5.41, 5.74) is 1.14. The van der Waals surface area contributed by atoms with E-state index >= 15 is 0 Å². The zero-order valence-corrected chi connectivity index (χ0v) is 8.04. The van der Waals surface area contributed by atoms with Gasteiger partial charge in [0.25, 0.3) is 0 Å². The first-order valence-electron chi connectivity index (χ1n) is 3.51. The Morgan fingerprint density at radius 2 is 2.33 bits per heavy atom. The molecule has 0 atom stereocenters. The third-order valence-electron chi connectivity index (χ3n) is 1.36. The van der Waals surface area contributed by atoms with Crippen molar-refractivity contribution in [1.29, 1.82) is 5.26 Å². The zero-order chi connectivity index (χ0) is 8.81. The Hall–Kier alpha value is -1.01. The van der Waals surface area contributed by atoms with Gasteiger partial charge in [-0.25, -0.2) is 0 Å². The molecule has 0 radical (unpaired) electrons. The number of rotatable bonds is 3. The van der Waals surface area contributed by atoms with Crippen molar-refractivity contribution < 1.29 is 4.74 Å². The van der Waals surface area contributed by atoms with Crippen molar-refractivity contribution in [2.24, 2.45) is 0 Å². The first kappa shape index (κ1) is 9.08. The molecule has 0 aliphatic heterocycles. The fourth-order valence-corrected chi connectivity index (χ4v) is 1.18. The van der Waals surface area contributed by atoms with E-state index in [2.05, 4.69) is 15.9 Å². The summed E-state index contributed by atoms with van der Waals surface area (Å²) < 4.78 is 5.12. The van der Waals surface area contributed by atoms with E-state index in [1.54, 1.807) is 0 Å². The number of ether oxygens (including phenoxy) is 1. The van der Waals surface area contributed by atoms with Gasteiger partial charge in [0, 0.05) is 5.33 Å². The lowest BCUT2D eigenvalue weighted by Crippen LogP contribution is -1.93. The van der Waals surface area contributed by atoms with E-state index in [1.807, 2.05) is 30.3 Å². The molecular weight excluding hydrogens is 218 g/mol. The number of nitrogens with zero attached hydrogens (tertiary/aromatic N) is 1. The Morgan fingerprint density at radius 1 is 1.50 bits per heavy atom. The maximum atomic E-state index is 8.27. The molecule has 0 aliphatic carbocycles. The average Bonchev–Trinajstić information content (AvgIpc) is 2.15. The van der Waals surface area contributed by atoms with Crippen LogP contribution in [-0.2, 0) is 5.33 Å². The van der Waals surface area contributed by atoms with Gasteiger partial charge >= 0.3 is 0 Å². The van der Waals surface area contributed by atoms with E-state index in [4.69, 9.17) is 10.00 Å². The molecule has 1 aromatic carbocycles. The SMILES string of the molecule is N#CCOc1cccc(CBr)c1. The van der Waals surface area contributed by atoms with Gasteiger partial charge in [0.15, 0.2) is 6.61 Å². The summed E-state index contributed by atoms with van der Waals surface area (Å²) in [4.78, 5) is 0. The van der Waals surface area contributed by atoms with Gasteiger partial charge in [0.1, 0.15) is 11.8 Å². The molecule has 0 aromatic heterocycles. The van der Waals surface area contributed by atoms with Crippen LogP contribution < -0.4 is 4.74 Å². The van der Waals surface area contributed by atoms with Crippen LogP contribution in [0.5, 0.6) is 5.75 Å². The van der Waals surface area contributed by atoms with Crippen molar-refractivity contribution in [3.63, 3.8) is 0 Å². The van der Waals surface area contributed by atoms with Gasteiger partial charge in [0.2, 0.25) is 0 Å². The lowest BCUT2D eigenvalue weighted by molar-refractivity contribution is 0.368. The van der Waals surface area contributed by atoms with Crippen molar-refractivity contribution >= 4 is 15.9 Å². The fourth-order valence-electron chi connectivity index (χ4n) is 0.834. The molecular formula is C9H8BrNO. The summed E-state index contributed by atoms with van der Waals surface area (Å²) >= 11 is 3.34. The van der Waals surface area contributed by atoms with Crippen molar-refractivity contribution in [3.8, 4) is 11.8 Å². The quantitative estimate of drug-likeness (QED) is 0.741. The Kier molecular flexibility index (Phi) is 3.62. The highest BCUT2D eigenvalue weighted by Gasteiger charge is 1.93. The molecule has 0 spiro atoms. The highest BCUT2D eigenvalue weighted by atomic mass is 79.9. The highest BCUT2D eigenvalue weighted by Crippen LogP contribution is 2.14. The number of benzene rings is 1. The highest BCUT2D eigenvalue weighted by molar-refractivity contribution is 9.08. The van der Waals surface area contributed by atoms with Crippen LogP contribution in [0.2, 0.25) is 0 Å². The topological polar surface area (TPSA) is 33.0 Å². The minimum absolute atomic E-state index is 0.103. The predicted octanol–water partition coefficient (Wildman–Crippen LogP) is 2.48. The fraction of sp³-hybridized carbons (Fsp3) is 0.222. The molecule has 0 bridgehead atoms. The second-order valence-corrected chi connectivity index (χ2v) is 2.79. The molecule has 2 nitrogen and oxygen atoms in total. The van der Waals surface area contributed by atoms with Crippen LogP contribution in [0.15, 0.2) is 24.3 Å². The van der Waals surface area contributed by atoms with Gasteiger partial charge in [-0.1, -0.05) is 28.1 Å². The maximum Gasteiger partial charge on any atom is 0.174 e. The van der Waals surface area contributed by atoms with Crippen LogP contribution in [0.1, 0.15) is 5.56 Å². The zero-order valence-electron chi connectivity index (χ0n) is 6.46. The molecule has 12 heavy (non-hydrogen) atoms. The van der Waals surface area contributed by atoms with Crippen LogP contribution in [0, 0.1) is 11.3 Å². The van der Waals surface area contributed by atoms with Crippen molar-refractivity contribution in [3.05, 3.63) is 29.8 Å². The van der Waals surface area contributed by atoms with Crippen molar-refractivity contribution in [2.45, 2.75) is 5.33 Å². The summed E-state index contributed by atoms with van der Waals surface area (Å²) in [6.45, 7) is 0.103. The minimum atomic E-state index is 0.103. The first-order valence-corrected chi connectivity index (χ1v) is 4.63. The molecule has 0 N–H and O–H groups in total. The molecule has 0 heterocycles. The van der Waals surface area contributed by atoms with Gasteiger partial charge < -0.3 is 4.74 Å². The number of halogens is 1. The Bertz CT molecular complexity index is 293. The maximum absolute atomic E-state index is 8.27. The molecule has 0 amide bonds. The third-order valence-corrected chi connectivity index (χ3v) is 2.00. The minimum Gasteiger partial charge on any atom is -0.479 e. The molecule has 0 aliphatic rings. The smallest absolute Gasteiger partial charge is 0.174 e. The van der Waals surface area contributed by atoms with Gasteiger partial charge in [-0.05, 0) is 17.7 Å². The van der Waals surface area contributed by atoms with Gasteiger partial charge in [-0.3, -0.25) is 0 Å². The van der Waals surface area contributed by atoms with Gasteiger partial charge in [-0.2, -0.15) is 5.26 Å². The molecule has 0 saturated carbocycles. The largest absolute Gasteiger partial charge is 0.479 e. The number of hydrogen-bond acceptors (Lipinski definition) is 2. The Morgan fingerprint density at radius 3 is 3.00 bits per heavy atom. The average molecular weight is 226 g/mol. The number of alkyl halides is 1. The predicted molar refractivity (Wildman–Crippen MR) is 50.2 cm³/mol. The summed E-state index contributed by atoms with van der Waals surface area (Å²) in [5.74, 6) is 0.744. The normalized spacial score (nSPS) is 9.00. The van der Waals surface area contributed by atoms with Crippen LogP contribution in [0.3, 0.4) is 0 Å². The van der Waals surface area contributed by atoms with Gasteiger partial charge in [-0.15, -0.1) is 0 Å². The number of nitriles is 1. The number of hydrogen-bond donors (Lipinski definition) is 0. The first-order chi connectivity index (χ1) is 5.86. The summed E-state index contributed by atoms with van der Waals surface area (Å²) in [6.07, 6.45) is 0. The van der Waals surface area contributed by atoms with E-state index in [0.29, 0.717) is 0 Å². The monoisotopic (exact) mass is 225 g/mol. The van der Waals surface area contributed by atoms with E-state index in [0.717, 1.165) is 16.6 Å². The second-order valence-electron chi connectivity index (χ2n) is 2.23. The molecule has 0 unspecified atom stereocenters. The molecule has 1 aromatic rings. The van der Waals surface area contributed by atoms with E-state index in [-0.39, 0.29) is 6.61 Å². The third kappa shape index (κ3) is 2.55. The lowest BCUT2D eigenvalue weighted by Gasteiger charge is -2.01. The van der Waals surface area contributed by atoms with Crippen molar-refractivity contribution in [1.82, 2.24) is 0 Å². The van der Waals surface area contributed by atoms with Crippen LogP contribution in [0.25, 0.3) is 0 Å². The van der Waals surface area contributed by atoms with E-state index < -0.39 is 0 Å². The van der Waals surface area contributed by atoms with Crippen LogP contribution in [-0.4, -0.2) is 6.61 Å². The lowest BCUT2D eigenvalue weighted by atomic mass is 10.2. The van der Waals surface area contributed by atoms with Gasteiger partial charge in [0.05, 0.1) is 0 Å². The van der Waals surface area contributed by atoms with E-state index in [1.165, 1.54) is 0 Å². The molecule has 0 saturated heterocycles. The summed E-state index contributed by atoms with van der Waals surface area (Å²) in [7, 11) is 0.